The van der Waals surface area contributed by atoms with Crippen LogP contribution in [0.4, 0.5) is 0 Å². The number of ketones is 1. The van der Waals surface area contributed by atoms with Gasteiger partial charge in [-0.25, -0.2) is 4.79 Å². The number of Topliss-reactive ketones (excluding diaryl/α,β-unsaturated/α-hetero) is 1. The molecule has 0 saturated carbocycles. The molecule has 0 bridgehead atoms. The highest BCUT2D eigenvalue weighted by atomic mass is 16.5. The Bertz CT molecular complexity index is 659. The van der Waals surface area contributed by atoms with Crippen LogP contribution in [0, 0.1) is 5.41 Å². The molecule has 124 valence electrons. The summed E-state index contributed by atoms with van der Waals surface area (Å²) in [6.07, 6.45) is 2.48. The van der Waals surface area contributed by atoms with Crippen molar-refractivity contribution in [2.45, 2.75) is 32.3 Å². The van der Waals surface area contributed by atoms with E-state index in [1.165, 1.54) is 14.2 Å². The van der Waals surface area contributed by atoms with Crippen molar-refractivity contribution in [3.8, 4) is 5.75 Å². The number of para-hydroxylation sites is 1. The fourth-order valence-electron chi connectivity index (χ4n) is 2.90. The van der Waals surface area contributed by atoms with Crippen LogP contribution in [-0.4, -0.2) is 31.1 Å². The minimum Gasteiger partial charge on any atom is -0.496 e. The van der Waals surface area contributed by atoms with Crippen LogP contribution < -0.4 is 4.74 Å². The van der Waals surface area contributed by atoms with Gasteiger partial charge in [-0.2, -0.15) is 0 Å². The Hall–Kier alpha value is -2.14. The molecule has 0 radical (unpaired) electrons. The van der Waals surface area contributed by atoms with E-state index in [-0.39, 0.29) is 28.8 Å². The van der Waals surface area contributed by atoms with Crippen LogP contribution in [0.2, 0.25) is 0 Å². The first-order valence-corrected chi connectivity index (χ1v) is 7.44. The molecule has 2 rings (SSSR count). The van der Waals surface area contributed by atoms with Crippen molar-refractivity contribution < 1.29 is 24.2 Å². The zero-order valence-electron chi connectivity index (χ0n) is 13.9. The number of rotatable bonds is 4. The number of aliphatic hydroxyl groups is 1. The smallest absolute Gasteiger partial charge is 0.347 e. The molecule has 23 heavy (non-hydrogen) atoms. The van der Waals surface area contributed by atoms with E-state index in [0.29, 0.717) is 12.2 Å². The van der Waals surface area contributed by atoms with Crippen molar-refractivity contribution in [1.82, 2.24) is 0 Å². The van der Waals surface area contributed by atoms with E-state index in [4.69, 9.17) is 9.47 Å². The summed E-state index contributed by atoms with van der Waals surface area (Å²) in [5.74, 6) is -0.847. The topological polar surface area (TPSA) is 72.8 Å². The first kappa shape index (κ1) is 17.2. The average molecular weight is 318 g/mol. The molecule has 1 aliphatic rings. The Morgan fingerprint density at radius 1 is 1.26 bits per heavy atom. The molecule has 0 spiro atoms. The van der Waals surface area contributed by atoms with Gasteiger partial charge in [0.25, 0.3) is 0 Å². The van der Waals surface area contributed by atoms with Gasteiger partial charge in [0.1, 0.15) is 5.75 Å². The summed E-state index contributed by atoms with van der Waals surface area (Å²) in [7, 11) is 2.62. The first-order chi connectivity index (χ1) is 10.8. The second-order valence-electron chi connectivity index (χ2n) is 6.49. The van der Waals surface area contributed by atoms with Gasteiger partial charge in [0.15, 0.2) is 5.78 Å². The Labute approximate surface area is 135 Å². The molecule has 0 aromatic heterocycles. The Morgan fingerprint density at radius 3 is 2.48 bits per heavy atom. The molecule has 0 amide bonds. The van der Waals surface area contributed by atoms with Crippen molar-refractivity contribution in [2.75, 3.05) is 14.2 Å². The number of allylic oxidation sites excluding steroid dienone is 1. The number of ether oxygens (including phenoxy) is 2. The number of hydrogen-bond acceptors (Lipinski definition) is 5. The maximum Gasteiger partial charge on any atom is 0.347 e. The number of hydrogen-bond donors (Lipinski definition) is 1. The predicted molar refractivity (Wildman–Crippen MR) is 85.0 cm³/mol. The molecule has 0 fully saturated rings. The zero-order chi connectivity index (χ0) is 17.3. The molecule has 1 N–H and O–H groups in total. The molecular formula is C18H22O5. The fraction of sp³-hybridized carbons (Fsp3) is 0.444. The summed E-state index contributed by atoms with van der Waals surface area (Å²) in [5.41, 5.74) is -2.12. The van der Waals surface area contributed by atoms with Gasteiger partial charge in [0.05, 0.1) is 14.2 Å². The van der Waals surface area contributed by atoms with Gasteiger partial charge < -0.3 is 14.6 Å². The van der Waals surface area contributed by atoms with Gasteiger partial charge in [0.2, 0.25) is 5.60 Å². The van der Waals surface area contributed by atoms with Crippen LogP contribution in [0.1, 0.15) is 32.3 Å². The van der Waals surface area contributed by atoms with Crippen molar-refractivity contribution >= 4 is 11.8 Å². The third-order valence-corrected chi connectivity index (χ3v) is 4.17. The van der Waals surface area contributed by atoms with Gasteiger partial charge in [-0.05, 0) is 17.9 Å². The fourth-order valence-corrected chi connectivity index (χ4v) is 2.90. The van der Waals surface area contributed by atoms with Gasteiger partial charge in [0, 0.05) is 17.6 Å². The second kappa shape index (κ2) is 6.16. The standard InChI is InChI=1S/C18H22O5/c1-17(2)10-9-12(14(19)11-17)18(21,16(20)23-4)13-7-5-6-8-15(13)22-3/h5-9,21H,10-11H2,1-4H3. The molecule has 1 atom stereocenters. The lowest BCUT2D eigenvalue weighted by atomic mass is 9.71. The summed E-state index contributed by atoms with van der Waals surface area (Å²) in [4.78, 5) is 25.0. The summed E-state index contributed by atoms with van der Waals surface area (Å²) in [5, 5.41) is 11.2. The SMILES string of the molecule is COC(=O)C(O)(C1=CCC(C)(C)CC1=O)c1ccccc1OC. The lowest BCUT2D eigenvalue weighted by Crippen LogP contribution is -2.43. The van der Waals surface area contributed by atoms with Crippen molar-refractivity contribution in [3.63, 3.8) is 0 Å². The molecule has 0 aliphatic heterocycles. The van der Waals surface area contributed by atoms with Gasteiger partial charge in [-0.15, -0.1) is 0 Å². The normalized spacial score (nSPS) is 19.5. The van der Waals surface area contributed by atoms with E-state index in [0.717, 1.165) is 0 Å². The summed E-state index contributed by atoms with van der Waals surface area (Å²) < 4.78 is 10.0. The zero-order valence-corrected chi connectivity index (χ0v) is 13.9. The minimum atomic E-state index is -2.17. The highest BCUT2D eigenvalue weighted by Gasteiger charge is 2.49. The van der Waals surface area contributed by atoms with E-state index >= 15 is 0 Å². The monoisotopic (exact) mass is 318 g/mol. The summed E-state index contributed by atoms with van der Waals surface area (Å²) in [6.45, 7) is 3.94. The number of esters is 1. The lowest BCUT2D eigenvalue weighted by molar-refractivity contribution is -0.161. The van der Waals surface area contributed by atoms with Crippen LogP contribution in [0.3, 0.4) is 0 Å². The molecule has 1 aromatic carbocycles. The van der Waals surface area contributed by atoms with Crippen LogP contribution in [0.5, 0.6) is 5.75 Å². The van der Waals surface area contributed by atoms with Gasteiger partial charge >= 0.3 is 5.97 Å². The maximum atomic E-state index is 12.6. The van der Waals surface area contributed by atoms with Crippen molar-refractivity contribution in [3.05, 3.63) is 41.5 Å². The molecule has 5 heteroatoms. The third kappa shape index (κ3) is 3.01. The Kier molecular flexibility index (Phi) is 4.61. The van der Waals surface area contributed by atoms with Crippen LogP contribution in [0.15, 0.2) is 35.9 Å². The Morgan fingerprint density at radius 2 is 1.91 bits per heavy atom. The molecule has 0 heterocycles. The number of methoxy groups -OCH3 is 2. The van der Waals surface area contributed by atoms with E-state index in [2.05, 4.69) is 0 Å². The highest BCUT2D eigenvalue weighted by molar-refractivity contribution is 6.05. The molecular weight excluding hydrogens is 296 g/mol. The summed E-state index contributed by atoms with van der Waals surface area (Å²) in [6, 6.07) is 6.58. The molecule has 1 aliphatic carbocycles. The van der Waals surface area contributed by atoms with Crippen molar-refractivity contribution in [2.24, 2.45) is 5.41 Å². The quantitative estimate of drug-likeness (QED) is 0.863. The molecule has 5 nitrogen and oxygen atoms in total. The second-order valence-corrected chi connectivity index (χ2v) is 6.49. The summed E-state index contributed by atoms with van der Waals surface area (Å²) >= 11 is 0. The van der Waals surface area contributed by atoms with E-state index in [9.17, 15) is 14.7 Å². The molecule has 0 saturated heterocycles. The lowest BCUT2D eigenvalue weighted by Gasteiger charge is -2.34. The maximum absolute atomic E-state index is 12.6. The average Bonchev–Trinajstić information content (AvgIpc) is 2.52. The Balaban J connectivity index is 2.64. The number of benzene rings is 1. The largest absolute Gasteiger partial charge is 0.496 e. The number of carbonyl (C=O) groups is 2. The van der Waals surface area contributed by atoms with E-state index < -0.39 is 11.6 Å². The van der Waals surface area contributed by atoms with Gasteiger partial charge in [-0.3, -0.25) is 4.79 Å². The van der Waals surface area contributed by atoms with E-state index in [1.54, 1.807) is 30.3 Å². The molecule has 1 aromatic rings. The van der Waals surface area contributed by atoms with E-state index in [1.807, 2.05) is 13.8 Å². The van der Waals surface area contributed by atoms with Crippen LogP contribution >= 0.6 is 0 Å². The predicted octanol–water partition coefficient (Wildman–Crippen LogP) is 2.37. The third-order valence-electron chi connectivity index (χ3n) is 4.17. The van der Waals surface area contributed by atoms with Crippen LogP contribution in [-0.2, 0) is 19.9 Å². The van der Waals surface area contributed by atoms with Crippen LogP contribution in [0.25, 0.3) is 0 Å². The van der Waals surface area contributed by atoms with Gasteiger partial charge in [-0.1, -0.05) is 38.1 Å². The van der Waals surface area contributed by atoms with Crippen molar-refractivity contribution in [1.29, 1.82) is 0 Å². The highest BCUT2D eigenvalue weighted by Crippen LogP contribution is 2.42. The molecule has 1 unspecified atom stereocenters. The first-order valence-electron chi connectivity index (χ1n) is 7.44. The minimum absolute atomic E-state index is 0.0492. The number of carbonyl (C=O) groups excluding carboxylic acids is 2.